The molecule has 0 bridgehead atoms. The van der Waals surface area contributed by atoms with Gasteiger partial charge in [-0.3, -0.25) is 4.79 Å². The second kappa shape index (κ2) is 12.6. The molecule has 3 aromatic heterocycles. The van der Waals surface area contributed by atoms with Crippen LogP contribution < -0.4 is 15.4 Å². The minimum absolute atomic E-state index is 0.0839. The second-order valence-corrected chi connectivity index (χ2v) is 9.49. The number of hydrogen-bond donors (Lipinski definition) is 2. The maximum atomic E-state index is 13.6. The van der Waals surface area contributed by atoms with Gasteiger partial charge < -0.3 is 20.3 Å². The molecule has 1 aliphatic carbocycles. The lowest BCUT2D eigenvalue weighted by atomic mass is 9.97. The van der Waals surface area contributed by atoms with Gasteiger partial charge in [-0.1, -0.05) is 6.42 Å². The molecule has 224 valence electrons. The third-order valence-electron chi connectivity index (χ3n) is 6.04. The number of amides is 3. The average Bonchev–Trinajstić information content (AvgIpc) is 3.55. The minimum atomic E-state index is -3.03. The molecule has 1 saturated heterocycles. The third kappa shape index (κ3) is 8.43. The first kappa shape index (κ1) is 29.9. The lowest BCUT2D eigenvalue weighted by molar-refractivity contribution is -0.0368. The Morgan fingerprint density at radius 3 is 2.59 bits per heavy atom. The van der Waals surface area contributed by atoms with Crippen LogP contribution in [0.4, 0.5) is 31.1 Å². The maximum Gasteiger partial charge on any atom is 0.318 e. The van der Waals surface area contributed by atoms with Crippen molar-refractivity contribution in [1.29, 1.82) is 0 Å². The second-order valence-electron chi connectivity index (χ2n) is 9.49. The molecule has 3 amide bonds. The van der Waals surface area contributed by atoms with Crippen LogP contribution in [0.15, 0.2) is 23.1 Å². The van der Waals surface area contributed by atoms with E-state index in [0.29, 0.717) is 29.7 Å². The summed E-state index contributed by atoms with van der Waals surface area (Å²) in [4.78, 5) is 29.3. The zero-order valence-electron chi connectivity index (χ0n) is 21.5. The summed E-state index contributed by atoms with van der Waals surface area (Å²) in [6, 6.07) is 0.961. The summed E-state index contributed by atoms with van der Waals surface area (Å²) in [5.41, 5.74) is 0.800. The lowest BCUT2D eigenvalue weighted by Crippen LogP contribution is -2.56. The fraction of sp³-hybridized carbons (Fsp3) is 0.565. The highest BCUT2D eigenvalue weighted by atomic mass is 19.3. The molecule has 2 fully saturated rings. The number of alkyl halides is 6. The molecule has 0 spiro atoms. The summed E-state index contributed by atoms with van der Waals surface area (Å²) in [7, 11) is 0. The third-order valence-corrected chi connectivity index (χ3v) is 6.04. The number of nitrogens with zero attached hydrogens (tertiary/aromatic N) is 6. The van der Waals surface area contributed by atoms with Crippen LogP contribution in [0.25, 0.3) is 5.65 Å². The summed E-state index contributed by atoms with van der Waals surface area (Å²) in [6.45, 7) is -2.58. The topological polar surface area (TPSA) is 140 Å². The normalized spacial score (nSPS) is 18.0. The molecule has 2 aliphatic rings. The monoisotopic (exact) mass is 592 g/mol. The van der Waals surface area contributed by atoms with E-state index < -0.39 is 61.5 Å². The number of ether oxygens (including phenoxy) is 1. The maximum absolute atomic E-state index is 13.6. The minimum Gasteiger partial charge on any atom is -0.468 e. The van der Waals surface area contributed by atoms with Crippen molar-refractivity contribution in [1.82, 2.24) is 40.4 Å². The first-order valence-electron chi connectivity index (χ1n) is 12.5. The molecule has 41 heavy (non-hydrogen) atoms. The molecule has 0 atom stereocenters. The van der Waals surface area contributed by atoms with Gasteiger partial charge in [0, 0.05) is 19.4 Å². The van der Waals surface area contributed by atoms with Crippen molar-refractivity contribution < 1.29 is 45.3 Å². The number of hydrogen-bond acceptors (Lipinski definition) is 8. The van der Waals surface area contributed by atoms with Crippen molar-refractivity contribution >= 4 is 17.6 Å². The predicted molar refractivity (Wildman–Crippen MR) is 127 cm³/mol. The van der Waals surface area contributed by atoms with E-state index in [9.17, 15) is 35.9 Å². The molecule has 5 rings (SSSR count). The van der Waals surface area contributed by atoms with Crippen molar-refractivity contribution in [2.75, 3.05) is 19.7 Å². The molecule has 18 heteroatoms. The zero-order chi connectivity index (χ0) is 29.6. The number of carbonyl (C=O) groups is 2. The number of aromatic nitrogens is 5. The van der Waals surface area contributed by atoms with E-state index in [1.54, 1.807) is 6.07 Å². The van der Waals surface area contributed by atoms with E-state index in [0.717, 1.165) is 11.3 Å². The van der Waals surface area contributed by atoms with E-state index >= 15 is 0 Å². The van der Waals surface area contributed by atoms with Crippen LogP contribution in [0.5, 0.6) is 5.88 Å². The molecule has 1 aliphatic heterocycles. The van der Waals surface area contributed by atoms with Gasteiger partial charge >= 0.3 is 6.03 Å². The number of fused-ring (bicyclic) bond motifs is 1. The van der Waals surface area contributed by atoms with Crippen LogP contribution >= 0.6 is 0 Å². The van der Waals surface area contributed by atoms with Gasteiger partial charge in [-0.25, -0.2) is 45.3 Å². The summed E-state index contributed by atoms with van der Waals surface area (Å²) in [6.07, 6.45) is 2.81. The standard InChI is InChI=1S/C17H16F4N8O4.C6H10F2/c18-11(19)6-32-15-13(26-33-27-15)14(30)22-3-10-5-29-12(25-10)1-9(2-24-29)4-28-8-17(20,21)7-23-16(28)31;7-6(8)4-2-1-3-5-6/h1-2,5,11H,3-4,6-8H2,(H,22,30)(H,23,31);1-5H2. The van der Waals surface area contributed by atoms with Crippen molar-refractivity contribution in [2.45, 2.75) is 63.5 Å². The molecule has 3 aromatic rings. The van der Waals surface area contributed by atoms with E-state index in [1.165, 1.54) is 16.9 Å². The van der Waals surface area contributed by atoms with E-state index in [2.05, 4.69) is 40.4 Å². The summed E-state index contributed by atoms with van der Waals surface area (Å²) < 4.78 is 86.5. The molecule has 0 unspecified atom stereocenters. The Morgan fingerprint density at radius 1 is 1.15 bits per heavy atom. The van der Waals surface area contributed by atoms with Gasteiger partial charge in [0.25, 0.3) is 24.1 Å². The van der Waals surface area contributed by atoms with Gasteiger partial charge in [-0.05, 0) is 34.8 Å². The quantitative estimate of drug-likeness (QED) is 0.380. The van der Waals surface area contributed by atoms with Crippen LogP contribution in [-0.2, 0) is 13.1 Å². The first-order valence-corrected chi connectivity index (χ1v) is 12.5. The van der Waals surface area contributed by atoms with Crippen molar-refractivity contribution in [3.05, 3.63) is 35.4 Å². The Kier molecular flexibility index (Phi) is 9.17. The predicted octanol–water partition coefficient (Wildman–Crippen LogP) is 3.43. The van der Waals surface area contributed by atoms with Crippen molar-refractivity contribution in [3.63, 3.8) is 0 Å². The Morgan fingerprint density at radius 2 is 1.90 bits per heavy atom. The summed E-state index contributed by atoms with van der Waals surface area (Å²) >= 11 is 0. The van der Waals surface area contributed by atoms with Crippen LogP contribution in [0.1, 0.15) is 53.8 Å². The van der Waals surface area contributed by atoms with Gasteiger partial charge in [0.15, 0.2) is 12.3 Å². The fourth-order valence-corrected chi connectivity index (χ4v) is 4.09. The highest BCUT2D eigenvalue weighted by molar-refractivity contribution is 5.94. The van der Waals surface area contributed by atoms with Gasteiger partial charge in [-0.15, -0.1) is 0 Å². The van der Waals surface area contributed by atoms with Crippen molar-refractivity contribution in [2.24, 2.45) is 0 Å². The van der Waals surface area contributed by atoms with Crippen LogP contribution in [0.2, 0.25) is 0 Å². The number of nitrogens with one attached hydrogen (secondary N) is 2. The molecule has 2 N–H and O–H groups in total. The number of carbonyl (C=O) groups excluding carboxylic acids is 2. The smallest absolute Gasteiger partial charge is 0.318 e. The Bertz CT molecular complexity index is 1340. The Labute approximate surface area is 228 Å². The largest absolute Gasteiger partial charge is 0.468 e. The molecule has 0 aromatic carbocycles. The number of imidazole rings is 1. The van der Waals surface area contributed by atoms with Crippen LogP contribution in [0.3, 0.4) is 0 Å². The zero-order valence-corrected chi connectivity index (χ0v) is 21.5. The van der Waals surface area contributed by atoms with E-state index in [1.807, 2.05) is 0 Å². The molecular formula is C23H26F6N8O4. The van der Waals surface area contributed by atoms with Crippen LogP contribution in [-0.4, -0.2) is 79.7 Å². The van der Waals surface area contributed by atoms with E-state index in [4.69, 9.17) is 0 Å². The molecule has 0 radical (unpaired) electrons. The lowest BCUT2D eigenvalue weighted by Gasteiger charge is -2.32. The number of urea groups is 1. The fourth-order valence-electron chi connectivity index (χ4n) is 4.09. The van der Waals surface area contributed by atoms with Gasteiger partial charge in [0.05, 0.1) is 37.7 Å². The number of rotatable bonds is 8. The molecule has 1 saturated carbocycles. The van der Waals surface area contributed by atoms with Crippen molar-refractivity contribution in [3.8, 4) is 5.88 Å². The SMILES string of the molecule is FC1(F)CCCCC1.O=C(NCc1cn2ncc(CN3CC(F)(F)CNC3=O)cc2n1)c1nonc1OCC(F)F. The van der Waals surface area contributed by atoms with Gasteiger partial charge in [0.2, 0.25) is 11.6 Å². The Balaban J connectivity index is 0.000000417. The first-order chi connectivity index (χ1) is 19.4. The highest BCUT2D eigenvalue weighted by Gasteiger charge is 2.38. The highest BCUT2D eigenvalue weighted by Crippen LogP contribution is 2.32. The summed E-state index contributed by atoms with van der Waals surface area (Å²) in [5, 5.41) is 15.3. The molecule has 4 heterocycles. The number of halogens is 6. The summed E-state index contributed by atoms with van der Waals surface area (Å²) in [5.74, 6) is -6.61. The molecular weight excluding hydrogens is 566 g/mol. The van der Waals surface area contributed by atoms with Gasteiger partial charge in [-0.2, -0.15) is 5.10 Å². The van der Waals surface area contributed by atoms with Crippen LogP contribution in [0, 0.1) is 0 Å². The van der Waals surface area contributed by atoms with E-state index in [-0.39, 0.29) is 25.9 Å². The average molecular weight is 593 g/mol. The van der Waals surface area contributed by atoms with Gasteiger partial charge in [0.1, 0.15) is 0 Å². The Hall–Kier alpha value is -4.12. The molecule has 12 nitrogen and oxygen atoms in total.